The third kappa shape index (κ3) is 3.58. The number of benzene rings is 3. The molecule has 4 rings (SSSR count). The highest BCUT2D eigenvalue weighted by molar-refractivity contribution is 6.30. The van der Waals surface area contributed by atoms with Crippen LogP contribution in [0.5, 0.6) is 5.75 Å². The lowest BCUT2D eigenvalue weighted by atomic mass is 10.2. The fourth-order valence-electron chi connectivity index (χ4n) is 3.08. The molecule has 1 aromatic heterocycles. The molecular weight excluding hydrogens is 344 g/mol. The second kappa shape index (κ2) is 7.63. The Labute approximate surface area is 157 Å². The summed E-state index contributed by atoms with van der Waals surface area (Å²) in [6.07, 6.45) is 0.892. The molecule has 4 aromatic rings. The van der Waals surface area contributed by atoms with E-state index in [0.29, 0.717) is 11.6 Å². The molecule has 4 heteroatoms. The lowest BCUT2D eigenvalue weighted by molar-refractivity contribution is 0.303. The molecule has 0 N–H and O–H groups in total. The topological polar surface area (TPSA) is 27.1 Å². The summed E-state index contributed by atoms with van der Waals surface area (Å²) in [7, 11) is 0. The molecule has 0 spiro atoms. The molecule has 0 unspecified atom stereocenters. The number of halogens is 1. The maximum absolute atomic E-state index is 6.18. The summed E-state index contributed by atoms with van der Waals surface area (Å²) in [5.74, 6) is 1.84. The van der Waals surface area contributed by atoms with Gasteiger partial charge in [0, 0.05) is 17.1 Å². The van der Waals surface area contributed by atoms with E-state index in [1.54, 1.807) is 0 Å². The molecule has 0 saturated carbocycles. The van der Waals surface area contributed by atoms with E-state index < -0.39 is 0 Å². The number of imidazole rings is 1. The van der Waals surface area contributed by atoms with Gasteiger partial charge < -0.3 is 9.30 Å². The minimum absolute atomic E-state index is 0.658. The van der Waals surface area contributed by atoms with Crippen molar-refractivity contribution in [3.8, 4) is 17.1 Å². The monoisotopic (exact) mass is 362 g/mol. The maximum atomic E-state index is 6.18. The summed E-state index contributed by atoms with van der Waals surface area (Å²) < 4.78 is 8.07. The average Bonchev–Trinajstić information content (AvgIpc) is 3.05. The Kier molecular flexibility index (Phi) is 4.89. The van der Waals surface area contributed by atoms with Crippen molar-refractivity contribution in [1.82, 2.24) is 9.55 Å². The molecule has 0 aliphatic heterocycles. The number of hydrogen-bond acceptors (Lipinski definition) is 2. The van der Waals surface area contributed by atoms with Gasteiger partial charge in [0.2, 0.25) is 0 Å². The van der Waals surface area contributed by atoms with Gasteiger partial charge in [0.25, 0.3) is 0 Å². The van der Waals surface area contributed by atoms with Crippen LogP contribution >= 0.6 is 11.6 Å². The molecule has 1 heterocycles. The molecule has 0 amide bonds. The first-order chi connectivity index (χ1) is 12.8. The molecule has 3 aromatic carbocycles. The highest BCUT2D eigenvalue weighted by atomic mass is 35.5. The van der Waals surface area contributed by atoms with E-state index in [2.05, 4.69) is 10.6 Å². The minimum atomic E-state index is 0.658. The molecule has 130 valence electrons. The fourth-order valence-corrected chi connectivity index (χ4v) is 3.27. The molecule has 0 aliphatic carbocycles. The number of aromatic nitrogens is 2. The Balaban J connectivity index is 1.58. The first-order valence-electron chi connectivity index (χ1n) is 8.70. The lowest BCUT2D eigenvalue weighted by Crippen LogP contribution is -2.06. The van der Waals surface area contributed by atoms with E-state index in [1.807, 2.05) is 72.8 Å². The Morgan fingerprint density at radius 3 is 2.54 bits per heavy atom. The molecule has 0 atom stereocenters. The third-order valence-corrected chi connectivity index (χ3v) is 4.51. The predicted molar refractivity (Wildman–Crippen MR) is 107 cm³/mol. The lowest BCUT2D eigenvalue weighted by Gasteiger charge is -2.11. The summed E-state index contributed by atoms with van der Waals surface area (Å²) in [5.41, 5.74) is 3.14. The first-order valence-corrected chi connectivity index (χ1v) is 9.08. The molecule has 3 nitrogen and oxygen atoms in total. The molecule has 0 fully saturated rings. The normalized spacial score (nSPS) is 11.0. The SMILES string of the molecule is Clc1cccc(-c2nc3ccccc3n2CCCOc2ccccc2)c1. The molecule has 26 heavy (non-hydrogen) atoms. The zero-order chi connectivity index (χ0) is 17.8. The largest absolute Gasteiger partial charge is 0.494 e. The van der Waals surface area contributed by atoms with Crippen molar-refractivity contribution in [3.63, 3.8) is 0 Å². The van der Waals surface area contributed by atoms with Crippen molar-refractivity contribution in [3.05, 3.63) is 83.9 Å². The standard InChI is InChI=1S/C22H19ClN2O/c23-18-9-6-8-17(16-18)22-24-20-12-4-5-13-21(20)25(22)14-7-15-26-19-10-2-1-3-11-19/h1-6,8-13,16H,7,14-15H2. The smallest absolute Gasteiger partial charge is 0.141 e. The van der Waals surface area contributed by atoms with E-state index in [4.69, 9.17) is 21.3 Å². The summed E-state index contributed by atoms with van der Waals surface area (Å²) in [4.78, 5) is 4.82. The molecule has 0 radical (unpaired) electrons. The van der Waals surface area contributed by atoms with Crippen molar-refractivity contribution in [2.75, 3.05) is 6.61 Å². The van der Waals surface area contributed by atoms with Crippen LogP contribution in [0.4, 0.5) is 0 Å². The number of fused-ring (bicyclic) bond motifs is 1. The van der Waals surface area contributed by atoms with Crippen molar-refractivity contribution in [1.29, 1.82) is 0 Å². The second-order valence-electron chi connectivity index (χ2n) is 6.10. The molecular formula is C22H19ClN2O. The van der Waals surface area contributed by atoms with Crippen LogP contribution < -0.4 is 4.74 Å². The first kappa shape index (κ1) is 16.7. The number of ether oxygens (including phenoxy) is 1. The molecule has 0 bridgehead atoms. The van der Waals surface area contributed by atoms with E-state index >= 15 is 0 Å². The maximum Gasteiger partial charge on any atom is 0.141 e. The van der Waals surface area contributed by atoms with Gasteiger partial charge in [0.05, 0.1) is 17.6 Å². The van der Waals surface area contributed by atoms with Gasteiger partial charge in [0.15, 0.2) is 0 Å². The van der Waals surface area contributed by atoms with Crippen molar-refractivity contribution in [2.45, 2.75) is 13.0 Å². The summed E-state index contributed by atoms with van der Waals surface area (Å²) >= 11 is 6.18. The number of nitrogens with zero attached hydrogens (tertiary/aromatic N) is 2. The Bertz CT molecular complexity index is 1010. The van der Waals surface area contributed by atoms with Crippen LogP contribution in [0.3, 0.4) is 0 Å². The second-order valence-corrected chi connectivity index (χ2v) is 6.54. The average molecular weight is 363 g/mol. The summed E-state index contributed by atoms with van der Waals surface area (Å²) in [5, 5.41) is 0.716. The van der Waals surface area contributed by atoms with Crippen LogP contribution in [0.1, 0.15) is 6.42 Å². The minimum Gasteiger partial charge on any atom is -0.494 e. The van der Waals surface area contributed by atoms with Gasteiger partial charge in [-0.25, -0.2) is 4.98 Å². The van der Waals surface area contributed by atoms with E-state index in [1.165, 1.54) is 0 Å². The van der Waals surface area contributed by atoms with Crippen LogP contribution in [-0.4, -0.2) is 16.2 Å². The van der Waals surface area contributed by atoms with E-state index in [9.17, 15) is 0 Å². The van der Waals surface area contributed by atoms with Gasteiger partial charge in [-0.15, -0.1) is 0 Å². The Morgan fingerprint density at radius 2 is 1.69 bits per heavy atom. The number of hydrogen-bond donors (Lipinski definition) is 0. The van der Waals surface area contributed by atoms with Gasteiger partial charge in [-0.3, -0.25) is 0 Å². The van der Waals surface area contributed by atoms with Crippen LogP contribution in [0.2, 0.25) is 5.02 Å². The van der Waals surface area contributed by atoms with Gasteiger partial charge in [0.1, 0.15) is 11.6 Å². The van der Waals surface area contributed by atoms with Crippen molar-refractivity contribution >= 4 is 22.6 Å². The van der Waals surface area contributed by atoms with E-state index in [-0.39, 0.29) is 0 Å². The quantitative estimate of drug-likeness (QED) is 0.404. The fraction of sp³-hybridized carbons (Fsp3) is 0.136. The Morgan fingerprint density at radius 1 is 0.885 bits per heavy atom. The van der Waals surface area contributed by atoms with Crippen LogP contribution in [-0.2, 0) is 6.54 Å². The number of para-hydroxylation sites is 3. The van der Waals surface area contributed by atoms with Crippen LogP contribution in [0, 0.1) is 0 Å². The Hall–Kier alpha value is -2.78. The number of rotatable bonds is 6. The highest BCUT2D eigenvalue weighted by Crippen LogP contribution is 2.27. The summed E-state index contributed by atoms with van der Waals surface area (Å²) in [6.45, 7) is 1.49. The number of aryl methyl sites for hydroxylation is 1. The molecule has 0 saturated heterocycles. The van der Waals surface area contributed by atoms with Crippen molar-refractivity contribution in [2.24, 2.45) is 0 Å². The van der Waals surface area contributed by atoms with Gasteiger partial charge in [-0.2, -0.15) is 0 Å². The summed E-state index contributed by atoms with van der Waals surface area (Å²) in [6, 6.07) is 26.0. The predicted octanol–water partition coefficient (Wildman–Crippen LogP) is 5.83. The van der Waals surface area contributed by atoms with Crippen LogP contribution in [0.15, 0.2) is 78.9 Å². The van der Waals surface area contributed by atoms with Gasteiger partial charge >= 0.3 is 0 Å². The molecule has 0 aliphatic rings. The van der Waals surface area contributed by atoms with Gasteiger partial charge in [-0.1, -0.05) is 54.1 Å². The van der Waals surface area contributed by atoms with E-state index in [0.717, 1.165) is 41.1 Å². The van der Waals surface area contributed by atoms with Gasteiger partial charge in [-0.05, 0) is 42.8 Å². The van der Waals surface area contributed by atoms with Crippen LogP contribution in [0.25, 0.3) is 22.4 Å². The highest BCUT2D eigenvalue weighted by Gasteiger charge is 2.12. The third-order valence-electron chi connectivity index (χ3n) is 4.28. The van der Waals surface area contributed by atoms with Crippen molar-refractivity contribution < 1.29 is 4.74 Å². The zero-order valence-corrected chi connectivity index (χ0v) is 15.1. The zero-order valence-electron chi connectivity index (χ0n) is 14.3.